The van der Waals surface area contributed by atoms with Crippen molar-refractivity contribution >= 4 is 26.8 Å². The molecule has 13 heteroatoms. The molecule has 35 heavy (non-hydrogen) atoms. The fourth-order valence-corrected chi connectivity index (χ4v) is 5.71. The average Bonchev–Trinajstić information content (AvgIpc) is 3.51. The highest BCUT2D eigenvalue weighted by atomic mass is 32.2. The Morgan fingerprint density at radius 3 is 2.60 bits per heavy atom. The predicted octanol–water partition coefficient (Wildman–Crippen LogP) is 1.18. The van der Waals surface area contributed by atoms with Gasteiger partial charge in [-0.1, -0.05) is 6.92 Å². The number of piperazine rings is 1. The van der Waals surface area contributed by atoms with Crippen LogP contribution in [-0.4, -0.2) is 86.6 Å². The van der Waals surface area contributed by atoms with Crippen molar-refractivity contribution in [1.82, 2.24) is 38.3 Å². The maximum absolute atomic E-state index is 13.4. The molecule has 1 aliphatic heterocycles. The average molecular weight is 501 g/mol. The molecule has 12 nitrogen and oxygen atoms in total. The number of nitrogens with zero attached hydrogens (tertiary/aromatic N) is 7. The zero-order chi connectivity index (χ0) is 24.7. The molecule has 1 aromatic carbocycles. The zero-order valence-electron chi connectivity index (χ0n) is 19.9. The van der Waals surface area contributed by atoms with E-state index in [1.165, 1.54) is 19.6 Å². The molecule has 0 unspecified atom stereocenters. The second-order valence-electron chi connectivity index (χ2n) is 8.55. The van der Waals surface area contributed by atoms with E-state index in [4.69, 9.17) is 4.74 Å². The van der Waals surface area contributed by atoms with Crippen molar-refractivity contribution in [3.8, 4) is 17.1 Å². The van der Waals surface area contributed by atoms with Crippen molar-refractivity contribution in [1.29, 1.82) is 0 Å². The number of benzene rings is 1. The van der Waals surface area contributed by atoms with Gasteiger partial charge in [0.15, 0.2) is 11.3 Å². The number of likely N-dealkylation sites (N-methyl/N-ethyl adjacent to an activating group) is 1. The number of hydrogen-bond donors (Lipinski definition) is 1. The first-order valence-electron chi connectivity index (χ1n) is 11.6. The van der Waals surface area contributed by atoms with Gasteiger partial charge in [-0.15, -0.1) is 10.2 Å². The Balaban J connectivity index is 1.67. The highest BCUT2D eigenvalue weighted by Crippen LogP contribution is 2.33. The molecule has 4 heterocycles. The van der Waals surface area contributed by atoms with E-state index in [1.54, 1.807) is 18.2 Å². The molecular formula is C22H28N8O4S. The van der Waals surface area contributed by atoms with E-state index < -0.39 is 10.0 Å². The summed E-state index contributed by atoms with van der Waals surface area (Å²) in [6.07, 6.45) is 2.15. The lowest BCUT2D eigenvalue weighted by Gasteiger charge is -2.31. The van der Waals surface area contributed by atoms with Gasteiger partial charge in [0.25, 0.3) is 0 Å². The summed E-state index contributed by atoms with van der Waals surface area (Å²) in [4.78, 5) is 23.0. The standard InChI is InChI=1S/C22H28N8O4S/c1-4-12-34-17-7-6-15(35(32,33)28-10-8-27(3)9-11-28)13-16(17)19-24-18-20(25-19)29(5-2)22(31)30-14-23-26-21(18)30/h6-7,13-14H,4-5,8-12H2,1-3H3,(H,24,25). The summed E-state index contributed by atoms with van der Waals surface area (Å²) < 4.78 is 37.2. The number of nitrogens with one attached hydrogen (secondary N) is 1. The monoisotopic (exact) mass is 500 g/mol. The first-order valence-corrected chi connectivity index (χ1v) is 13.1. The van der Waals surface area contributed by atoms with Gasteiger partial charge < -0.3 is 14.6 Å². The summed E-state index contributed by atoms with van der Waals surface area (Å²) in [7, 11) is -1.72. The van der Waals surface area contributed by atoms with E-state index >= 15 is 0 Å². The second-order valence-corrected chi connectivity index (χ2v) is 10.5. The molecule has 0 aliphatic carbocycles. The molecule has 5 rings (SSSR count). The Bertz CT molecular complexity index is 1550. The lowest BCUT2D eigenvalue weighted by atomic mass is 10.2. The lowest BCUT2D eigenvalue weighted by Crippen LogP contribution is -2.47. The number of H-pyrrole nitrogens is 1. The Labute approximate surface area is 202 Å². The van der Waals surface area contributed by atoms with Gasteiger partial charge in [-0.2, -0.15) is 4.31 Å². The van der Waals surface area contributed by atoms with Crippen LogP contribution in [0, 0.1) is 0 Å². The minimum absolute atomic E-state index is 0.168. The Morgan fingerprint density at radius 1 is 1.11 bits per heavy atom. The third-order valence-corrected chi connectivity index (χ3v) is 8.13. The van der Waals surface area contributed by atoms with Gasteiger partial charge in [0.05, 0.1) is 17.1 Å². The van der Waals surface area contributed by atoms with Crippen LogP contribution in [-0.2, 0) is 16.6 Å². The number of sulfonamides is 1. The number of ether oxygens (including phenoxy) is 1. The van der Waals surface area contributed by atoms with Crippen LogP contribution in [0.2, 0.25) is 0 Å². The van der Waals surface area contributed by atoms with Crippen LogP contribution in [0.4, 0.5) is 0 Å². The molecule has 0 atom stereocenters. The zero-order valence-corrected chi connectivity index (χ0v) is 20.7. The van der Waals surface area contributed by atoms with Gasteiger partial charge in [0.2, 0.25) is 10.0 Å². The van der Waals surface area contributed by atoms with Gasteiger partial charge in [-0.3, -0.25) is 4.57 Å². The molecule has 1 aliphatic rings. The number of fused-ring (bicyclic) bond motifs is 3. The summed E-state index contributed by atoms with van der Waals surface area (Å²) in [5.74, 6) is 0.894. The summed E-state index contributed by atoms with van der Waals surface area (Å²) in [6, 6.07) is 4.83. The largest absolute Gasteiger partial charge is 0.493 e. The fourth-order valence-electron chi connectivity index (χ4n) is 4.26. The number of aromatic nitrogens is 6. The number of aryl methyl sites for hydroxylation is 1. The van der Waals surface area contributed by atoms with E-state index in [0.717, 1.165) is 6.42 Å². The molecular weight excluding hydrogens is 472 g/mol. The van der Waals surface area contributed by atoms with Gasteiger partial charge in [0.1, 0.15) is 23.4 Å². The predicted molar refractivity (Wildman–Crippen MR) is 130 cm³/mol. The normalized spacial score (nSPS) is 15.9. The van der Waals surface area contributed by atoms with Gasteiger partial charge in [-0.25, -0.2) is 22.6 Å². The Morgan fingerprint density at radius 2 is 1.89 bits per heavy atom. The Hall–Kier alpha value is -3.29. The third kappa shape index (κ3) is 3.98. The molecule has 1 N–H and O–H groups in total. The maximum atomic E-state index is 13.4. The Kier molecular flexibility index (Phi) is 6.07. The van der Waals surface area contributed by atoms with Crippen molar-refractivity contribution in [3.05, 3.63) is 35.0 Å². The topological polar surface area (TPSA) is 131 Å². The molecule has 0 spiro atoms. The molecule has 0 bridgehead atoms. The lowest BCUT2D eigenvalue weighted by molar-refractivity contribution is 0.222. The van der Waals surface area contributed by atoms with Crippen LogP contribution in [0.25, 0.3) is 28.2 Å². The number of rotatable bonds is 7. The minimum Gasteiger partial charge on any atom is -0.493 e. The summed E-state index contributed by atoms with van der Waals surface area (Å²) >= 11 is 0. The smallest absolute Gasteiger partial charge is 0.336 e. The van der Waals surface area contributed by atoms with Crippen LogP contribution in [0.1, 0.15) is 20.3 Å². The van der Waals surface area contributed by atoms with Crippen molar-refractivity contribution in [2.75, 3.05) is 39.8 Å². The molecule has 1 fully saturated rings. The molecule has 4 aromatic rings. The van der Waals surface area contributed by atoms with E-state index in [2.05, 4.69) is 25.1 Å². The van der Waals surface area contributed by atoms with Crippen molar-refractivity contribution in [3.63, 3.8) is 0 Å². The van der Waals surface area contributed by atoms with Crippen LogP contribution in [0.15, 0.2) is 34.2 Å². The van der Waals surface area contributed by atoms with E-state index in [-0.39, 0.29) is 10.6 Å². The van der Waals surface area contributed by atoms with Crippen molar-refractivity contribution < 1.29 is 13.2 Å². The highest BCUT2D eigenvalue weighted by Gasteiger charge is 2.29. The summed E-state index contributed by atoms with van der Waals surface area (Å²) in [5, 5.41) is 7.95. The van der Waals surface area contributed by atoms with Crippen LogP contribution >= 0.6 is 0 Å². The van der Waals surface area contributed by atoms with E-state index in [0.29, 0.717) is 73.3 Å². The van der Waals surface area contributed by atoms with E-state index in [1.807, 2.05) is 20.9 Å². The van der Waals surface area contributed by atoms with Crippen LogP contribution in [0.3, 0.4) is 0 Å². The number of imidazole rings is 1. The highest BCUT2D eigenvalue weighted by molar-refractivity contribution is 7.89. The SMILES string of the molecule is CCCOc1ccc(S(=O)(=O)N2CCN(C)CC2)cc1-c1nc2c([nH]1)c1nncn1c(=O)n2CC. The summed E-state index contributed by atoms with van der Waals surface area (Å²) in [5.41, 5.74) is 1.50. The molecule has 3 aromatic heterocycles. The van der Waals surface area contributed by atoms with Gasteiger partial charge in [0, 0.05) is 32.7 Å². The molecule has 0 saturated carbocycles. The number of hydrogen-bond acceptors (Lipinski definition) is 8. The first-order chi connectivity index (χ1) is 16.8. The van der Waals surface area contributed by atoms with Crippen LogP contribution < -0.4 is 10.4 Å². The van der Waals surface area contributed by atoms with Gasteiger partial charge >= 0.3 is 5.69 Å². The fraction of sp³-hybridized carbons (Fsp3) is 0.455. The molecule has 0 amide bonds. The quantitative estimate of drug-likeness (QED) is 0.400. The van der Waals surface area contributed by atoms with E-state index in [9.17, 15) is 13.2 Å². The molecule has 0 radical (unpaired) electrons. The molecule has 1 saturated heterocycles. The van der Waals surface area contributed by atoms with Gasteiger partial charge in [-0.05, 0) is 38.6 Å². The first kappa shape index (κ1) is 23.5. The number of aromatic amines is 1. The third-order valence-electron chi connectivity index (χ3n) is 6.23. The maximum Gasteiger partial charge on any atom is 0.336 e. The van der Waals surface area contributed by atoms with Crippen molar-refractivity contribution in [2.45, 2.75) is 31.7 Å². The van der Waals surface area contributed by atoms with Crippen LogP contribution in [0.5, 0.6) is 5.75 Å². The van der Waals surface area contributed by atoms with Crippen molar-refractivity contribution in [2.24, 2.45) is 0 Å². The summed E-state index contributed by atoms with van der Waals surface area (Å²) in [6.45, 7) is 6.92. The second kappa shape index (κ2) is 9.06. The minimum atomic E-state index is -3.70. The molecule has 186 valence electrons.